The summed E-state index contributed by atoms with van der Waals surface area (Å²) in [7, 11) is 0. The highest BCUT2D eigenvalue weighted by molar-refractivity contribution is 6.21. The van der Waals surface area contributed by atoms with Crippen molar-refractivity contribution in [2.75, 3.05) is 6.54 Å². The molecule has 0 spiro atoms. The van der Waals surface area contributed by atoms with Crippen molar-refractivity contribution in [1.82, 2.24) is 5.32 Å². The highest BCUT2D eigenvalue weighted by Gasteiger charge is 2.25. The van der Waals surface area contributed by atoms with Gasteiger partial charge in [0.15, 0.2) is 0 Å². The van der Waals surface area contributed by atoms with Gasteiger partial charge in [-0.25, -0.2) is 0 Å². The molecule has 1 aromatic rings. The van der Waals surface area contributed by atoms with Crippen molar-refractivity contribution in [3.63, 3.8) is 0 Å². The summed E-state index contributed by atoms with van der Waals surface area (Å²) in [5, 5.41) is 2.20. The Labute approximate surface area is 128 Å². The van der Waals surface area contributed by atoms with Gasteiger partial charge in [0.25, 0.3) is 11.8 Å². The fraction of sp³-hybridized carbons (Fsp3) is 0.294. The SMILES string of the molecule is C.C.C=CCC.C=CCN.O=C1NC(=O)c2ccccc21. The molecule has 0 saturated heterocycles. The first-order valence-electron chi connectivity index (χ1n) is 5.98. The molecule has 2 rings (SSSR count). The number of fused-ring (bicyclic) bond motifs is 1. The smallest absolute Gasteiger partial charge is 0.258 e. The number of carbonyl (C=O) groups is 2. The van der Waals surface area contributed by atoms with Crippen LogP contribution in [0.5, 0.6) is 0 Å². The minimum atomic E-state index is -0.300. The molecule has 4 nitrogen and oxygen atoms in total. The first kappa shape index (κ1) is 23.9. The molecule has 0 saturated carbocycles. The second-order valence-electron chi connectivity index (χ2n) is 3.55. The maximum atomic E-state index is 10.9. The monoisotopic (exact) mass is 292 g/mol. The maximum absolute atomic E-state index is 10.9. The molecule has 0 radical (unpaired) electrons. The van der Waals surface area contributed by atoms with Crippen LogP contribution in [0.1, 0.15) is 48.9 Å². The highest BCUT2D eigenvalue weighted by atomic mass is 16.2. The molecule has 1 aliphatic heterocycles. The van der Waals surface area contributed by atoms with Gasteiger partial charge in [-0.3, -0.25) is 14.9 Å². The number of benzene rings is 1. The summed E-state index contributed by atoms with van der Waals surface area (Å²) in [6.45, 7) is 9.48. The molecule has 0 atom stereocenters. The minimum Gasteiger partial charge on any atom is -0.327 e. The largest absolute Gasteiger partial charge is 0.327 e. The number of imide groups is 1. The van der Waals surface area contributed by atoms with Crippen LogP contribution in [0.25, 0.3) is 0 Å². The fourth-order valence-corrected chi connectivity index (χ4v) is 1.12. The fourth-order valence-electron chi connectivity index (χ4n) is 1.12. The van der Waals surface area contributed by atoms with E-state index in [-0.39, 0.29) is 26.7 Å². The van der Waals surface area contributed by atoms with Crippen LogP contribution in [-0.4, -0.2) is 18.4 Å². The summed E-state index contributed by atoms with van der Waals surface area (Å²) < 4.78 is 0. The molecule has 0 aromatic heterocycles. The number of allylic oxidation sites excluding steroid dienone is 1. The number of hydrogen-bond acceptors (Lipinski definition) is 3. The zero-order valence-corrected chi connectivity index (χ0v) is 11.2. The Bertz CT molecular complexity index is 413. The quantitative estimate of drug-likeness (QED) is 0.646. The van der Waals surface area contributed by atoms with Crippen LogP contribution in [0.2, 0.25) is 0 Å². The Morgan fingerprint density at radius 3 is 1.62 bits per heavy atom. The van der Waals surface area contributed by atoms with E-state index in [1.165, 1.54) is 0 Å². The van der Waals surface area contributed by atoms with Crippen molar-refractivity contribution < 1.29 is 9.59 Å². The van der Waals surface area contributed by atoms with Gasteiger partial charge in [0.1, 0.15) is 0 Å². The Morgan fingerprint density at radius 1 is 1.05 bits per heavy atom. The van der Waals surface area contributed by atoms with Gasteiger partial charge in [0.05, 0.1) is 11.1 Å². The summed E-state index contributed by atoms with van der Waals surface area (Å²) >= 11 is 0. The third-order valence-electron chi connectivity index (χ3n) is 2.10. The summed E-state index contributed by atoms with van der Waals surface area (Å²) in [5.74, 6) is -0.601. The van der Waals surface area contributed by atoms with E-state index in [1.54, 1.807) is 30.3 Å². The molecule has 1 aliphatic rings. The van der Waals surface area contributed by atoms with Gasteiger partial charge in [-0.15, -0.1) is 13.2 Å². The number of nitrogens with two attached hydrogens (primary N) is 1. The van der Waals surface area contributed by atoms with Crippen LogP contribution in [0.4, 0.5) is 0 Å². The molecule has 0 bridgehead atoms. The average Bonchev–Trinajstić information content (AvgIpc) is 2.75. The summed E-state index contributed by atoms with van der Waals surface area (Å²) in [6.07, 6.45) is 4.61. The van der Waals surface area contributed by atoms with Crippen LogP contribution >= 0.6 is 0 Å². The standard InChI is InChI=1S/C8H5NO2.C4H8.C3H7N.2CH4/c10-7-5-3-1-2-4-6(5)8(11)9-7;1-3-4-2;1-2-3-4;;/h1-4H,(H,9,10,11);3H,1,4H2,2H3;2H,1,3-4H2;2*1H4. The van der Waals surface area contributed by atoms with E-state index in [9.17, 15) is 9.59 Å². The van der Waals surface area contributed by atoms with Gasteiger partial charge in [-0.2, -0.15) is 0 Å². The average molecular weight is 292 g/mol. The first-order valence-corrected chi connectivity index (χ1v) is 5.98. The van der Waals surface area contributed by atoms with E-state index >= 15 is 0 Å². The van der Waals surface area contributed by atoms with Crippen LogP contribution in [0.3, 0.4) is 0 Å². The first-order chi connectivity index (χ1) is 9.12. The topological polar surface area (TPSA) is 72.2 Å². The lowest BCUT2D eigenvalue weighted by molar-refractivity contribution is 0.0879. The second kappa shape index (κ2) is 14.2. The van der Waals surface area contributed by atoms with E-state index in [1.807, 2.05) is 6.08 Å². The molecule has 118 valence electrons. The van der Waals surface area contributed by atoms with Gasteiger partial charge >= 0.3 is 0 Å². The molecule has 3 N–H and O–H groups in total. The molecule has 2 amide bonds. The lowest BCUT2D eigenvalue weighted by atomic mass is 10.1. The maximum Gasteiger partial charge on any atom is 0.258 e. The van der Waals surface area contributed by atoms with Crippen molar-refractivity contribution in [3.8, 4) is 0 Å². The predicted molar refractivity (Wildman–Crippen MR) is 91.4 cm³/mol. The van der Waals surface area contributed by atoms with Crippen LogP contribution in [-0.2, 0) is 0 Å². The summed E-state index contributed by atoms with van der Waals surface area (Å²) in [5.41, 5.74) is 5.85. The van der Waals surface area contributed by atoms with Crippen molar-refractivity contribution in [2.45, 2.75) is 28.2 Å². The Balaban J connectivity index is -0.000000280. The van der Waals surface area contributed by atoms with E-state index < -0.39 is 0 Å². The third kappa shape index (κ3) is 8.55. The van der Waals surface area contributed by atoms with Crippen molar-refractivity contribution >= 4 is 11.8 Å². The normalized spacial score (nSPS) is 10.0. The van der Waals surface area contributed by atoms with Crippen molar-refractivity contribution in [2.24, 2.45) is 5.73 Å². The van der Waals surface area contributed by atoms with Gasteiger partial charge < -0.3 is 5.73 Å². The van der Waals surface area contributed by atoms with E-state index in [2.05, 4.69) is 25.4 Å². The Kier molecular flexibility index (Phi) is 16.2. The molecule has 4 heteroatoms. The number of rotatable bonds is 2. The van der Waals surface area contributed by atoms with E-state index in [0.717, 1.165) is 6.42 Å². The van der Waals surface area contributed by atoms with Crippen LogP contribution in [0.15, 0.2) is 49.6 Å². The molecule has 21 heavy (non-hydrogen) atoms. The molecule has 1 heterocycles. The molecule has 0 aliphatic carbocycles. The lowest BCUT2D eigenvalue weighted by Crippen LogP contribution is -2.19. The highest BCUT2D eigenvalue weighted by Crippen LogP contribution is 2.13. The number of nitrogens with one attached hydrogen (secondary N) is 1. The van der Waals surface area contributed by atoms with Gasteiger partial charge in [-0.05, 0) is 18.6 Å². The van der Waals surface area contributed by atoms with E-state index in [4.69, 9.17) is 5.73 Å². The molecular formula is C17H28N2O2. The van der Waals surface area contributed by atoms with E-state index in [0.29, 0.717) is 17.7 Å². The minimum absolute atomic E-state index is 0. The number of hydrogen-bond donors (Lipinski definition) is 2. The van der Waals surface area contributed by atoms with Crippen LogP contribution < -0.4 is 11.1 Å². The predicted octanol–water partition coefficient (Wildman–Crippen LogP) is 3.56. The number of carbonyl (C=O) groups excluding carboxylic acids is 2. The molecule has 1 aromatic carbocycles. The van der Waals surface area contributed by atoms with Crippen LogP contribution in [0, 0.1) is 0 Å². The third-order valence-corrected chi connectivity index (χ3v) is 2.10. The van der Waals surface area contributed by atoms with Crippen molar-refractivity contribution in [3.05, 3.63) is 60.7 Å². The summed E-state index contributed by atoms with van der Waals surface area (Å²) in [6, 6.07) is 6.74. The molecule has 0 unspecified atom stereocenters. The second-order valence-corrected chi connectivity index (χ2v) is 3.55. The Morgan fingerprint density at radius 2 is 1.38 bits per heavy atom. The lowest BCUT2D eigenvalue weighted by Gasteiger charge is -1.88. The molecule has 0 fully saturated rings. The molecular weight excluding hydrogens is 264 g/mol. The zero-order valence-electron chi connectivity index (χ0n) is 11.2. The van der Waals surface area contributed by atoms with Gasteiger partial charge in [0.2, 0.25) is 0 Å². The van der Waals surface area contributed by atoms with Crippen molar-refractivity contribution in [1.29, 1.82) is 0 Å². The number of amides is 2. The van der Waals surface area contributed by atoms with Gasteiger partial charge in [-0.1, -0.05) is 46.1 Å². The Hall–Kier alpha value is -2.20. The summed E-state index contributed by atoms with van der Waals surface area (Å²) in [4.78, 5) is 21.9. The van der Waals surface area contributed by atoms with Gasteiger partial charge in [0, 0.05) is 6.54 Å². The zero-order chi connectivity index (χ0) is 14.7.